The lowest BCUT2D eigenvalue weighted by atomic mass is 9.75. The monoisotopic (exact) mass is 231 g/mol. The van der Waals surface area contributed by atoms with Gasteiger partial charge in [-0.15, -0.1) is 0 Å². The molecule has 0 N–H and O–H groups in total. The summed E-state index contributed by atoms with van der Waals surface area (Å²) in [5.41, 5.74) is 2.97. The number of nitrogens with zero attached hydrogens (tertiary/aromatic N) is 1. The molecule has 3 rings (SSSR count). The first-order chi connectivity index (χ1) is 8.24. The third kappa shape index (κ3) is 2.06. The van der Waals surface area contributed by atoms with Crippen molar-refractivity contribution in [2.45, 2.75) is 25.9 Å². The highest BCUT2D eigenvalue weighted by molar-refractivity contribution is 5.27. The molecule has 3 aliphatic rings. The van der Waals surface area contributed by atoms with E-state index in [2.05, 4.69) is 43.3 Å². The highest BCUT2D eigenvalue weighted by atomic mass is 16.5. The van der Waals surface area contributed by atoms with Gasteiger partial charge in [-0.1, -0.05) is 17.7 Å². The summed E-state index contributed by atoms with van der Waals surface area (Å²) in [7, 11) is 2.12. The van der Waals surface area contributed by atoms with Crippen LogP contribution in [0, 0.1) is 11.8 Å². The molecule has 0 aromatic heterocycles. The van der Waals surface area contributed by atoms with Crippen molar-refractivity contribution in [2.24, 2.45) is 11.8 Å². The van der Waals surface area contributed by atoms with E-state index in [1.165, 1.54) is 24.0 Å². The molecule has 2 bridgehead atoms. The Balaban J connectivity index is 1.83. The van der Waals surface area contributed by atoms with Gasteiger partial charge in [0.15, 0.2) is 0 Å². The molecule has 1 unspecified atom stereocenters. The lowest BCUT2D eigenvalue weighted by Gasteiger charge is -2.42. The SMILES string of the molecule is CC1=CC[C@H]2COC(C3=CC=CN(C)C3)[C@@H]1C2. The van der Waals surface area contributed by atoms with Crippen LogP contribution < -0.4 is 0 Å². The van der Waals surface area contributed by atoms with E-state index in [-0.39, 0.29) is 0 Å². The third-order valence-electron chi connectivity index (χ3n) is 4.27. The third-order valence-corrected chi connectivity index (χ3v) is 4.27. The summed E-state index contributed by atoms with van der Waals surface area (Å²) in [5, 5.41) is 0. The smallest absolute Gasteiger partial charge is 0.0870 e. The second-order valence-electron chi connectivity index (χ2n) is 5.64. The van der Waals surface area contributed by atoms with Gasteiger partial charge in [-0.2, -0.15) is 0 Å². The van der Waals surface area contributed by atoms with Crippen molar-refractivity contribution >= 4 is 0 Å². The number of hydrogen-bond donors (Lipinski definition) is 0. The molecular formula is C15H21NO. The predicted octanol–water partition coefficient (Wildman–Crippen LogP) is 2.74. The first-order valence-electron chi connectivity index (χ1n) is 6.60. The minimum Gasteiger partial charge on any atom is -0.376 e. The van der Waals surface area contributed by atoms with Crippen molar-refractivity contribution < 1.29 is 4.74 Å². The van der Waals surface area contributed by atoms with Crippen LogP contribution in [0.5, 0.6) is 0 Å². The number of allylic oxidation sites excluding steroid dienone is 3. The van der Waals surface area contributed by atoms with E-state index in [1.807, 2.05) is 0 Å². The Labute approximate surface area is 104 Å². The molecule has 1 saturated heterocycles. The van der Waals surface area contributed by atoms with Crippen molar-refractivity contribution in [2.75, 3.05) is 20.2 Å². The summed E-state index contributed by atoms with van der Waals surface area (Å²) < 4.78 is 6.13. The Morgan fingerprint density at radius 3 is 3.12 bits per heavy atom. The maximum atomic E-state index is 6.13. The molecule has 2 heteroatoms. The zero-order chi connectivity index (χ0) is 11.8. The van der Waals surface area contributed by atoms with Crippen LogP contribution in [0.2, 0.25) is 0 Å². The minimum atomic E-state index is 0.315. The molecule has 17 heavy (non-hydrogen) atoms. The second kappa shape index (κ2) is 4.34. The van der Waals surface area contributed by atoms with Gasteiger partial charge in [-0.25, -0.2) is 0 Å². The molecule has 0 saturated carbocycles. The van der Waals surface area contributed by atoms with E-state index < -0.39 is 0 Å². The van der Waals surface area contributed by atoms with Gasteiger partial charge in [0.1, 0.15) is 0 Å². The number of ether oxygens (including phenoxy) is 1. The van der Waals surface area contributed by atoms with Crippen molar-refractivity contribution in [3.05, 3.63) is 35.6 Å². The molecule has 1 aliphatic carbocycles. The standard InChI is InChI=1S/C15H21NO/c1-11-5-6-12-8-14(11)15(17-10-12)13-4-3-7-16(2)9-13/h3-5,7,12,14-15H,6,8-10H2,1-2H3/t12-,14-,15?/m1/s1. The van der Waals surface area contributed by atoms with Gasteiger partial charge in [0.05, 0.1) is 12.7 Å². The zero-order valence-electron chi connectivity index (χ0n) is 10.7. The molecule has 0 aromatic carbocycles. The van der Waals surface area contributed by atoms with Gasteiger partial charge in [-0.05, 0) is 43.5 Å². The fourth-order valence-corrected chi connectivity index (χ4v) is 3.26. The maximum Gasteiger partial charge on any atom is 0.0870 e. The Bertz CT molecular complexity index is 394. The van der Waals surface area contributed by atoms with Crippen LogP contribution in [0.1, 0.15) is 19.8 Å². The predicted molar refractivity (Wildman–Crippen MR) is 69.6 cm³/mol. The molecule has 0 aromatic rings. The molecule has 2 heterocycles. The van der Waals surface area contributed by atoms with Crippen molar-refractivity contribution in [1.82, 2.24) is 4.90 Å². The van der Waals surface area contributed by atoms with Crippen molar-refractivity contribution in [1.29, 1.82) is 0 Å². The Hall–Kier alpha value is -1.02. The van der Waals surface area contributed by atoms with Crippen LogP contribution in [-0.2, 0) is 4.74 Å². The molecule has 3 atom stereocenters. The van der Waals surface area contributed by atoms with Crippen LogP contribution in [0.4, 0.5) is 0 Å². The maximum absolute atomic E-state index is 6.13. The first-order valence-corrected chi connectivity index (χ1v) is 6.60. The number of hydrogen-bond acceptors (Lipinski definition) is 2. The summed E-state index contributed by atoms with van der Waals surface area (Å²) in [6, 6.07) is 0. The van der Waals surface area contributed by atoms with Gasteiger partial charge >= 0.3 is 0 Å². The number of fused-ring (bicyclic) bond motifs is 2. The second-order valence-corrected chi connectivity index (χ2v) is 5.64. The molecular weight excluding hydrogens is 210 g/mol. The Kier molecular flexibility index (Phi) is 2.83. The van der Waals surface area contributed by atoms with Crippen LogP contribution in [0.3, 0.4) is 0 Å². The summed E-state index contributed by atoms with van der Waals surface area (Å²) >= 11 is 0. The highest BCUT2D eigenvalue weighted by Gasteiger charge is 2.36. The van der Waals surface area contributed by atoms with Gasteiger partial charge < -0.3 is 9.64 Å². The van der Waals surface area contributed by atoms with E-state index in [4.69, 9.17) is 4.74 Å². The largest absolute Gasteiger partial charge is 0.376 e. The van der Waals surface area contributed by atoms with Crippen LogP contribution in [0.15, 0.2) is 35.6 Å². The fraction of sp³-hybridized carbons (Fsp3) is 0.600. The van der Waals surface area contributed by atoms with Crippen molar-refractivity contribution in [3.63, 3.8) is 0 Å². The van der Waals surface area contributed by atoms with Crippen LogP contribution in [0.25, 0.3) is 0 Å². The van der Waals surface area contributed by atoms with Gasteiger partial charge in [0.2, 0.25) is 0 Å². The molecule has 1 fully saturated rings. The Morgan fingerprint density at radius 1 is 1.41 bits per heavy atom. The Morgan fingerprint density at radius 2 is 2.29 bits per heavy atom. The first kappa shape index (κ1) is 11.1. The molecule has 0 radical (unpaired) electrons. The molecule has 92 valence electrons. The molecule has 2 nitrogen and oxygen atoms in total. The number of likely N-dealkylation sites (N-methyl/N-ethyl adjacent to an activating group) is 1. The van der Waals surface area contributed by atoms with E-state index in [0.29, 0.717) is 12.0 Å². The summed E-state index contributed by atoms with van der Waals surface area (Å²) in [6.07, 6.45) is 11.8. The van der Waals surface area contributed by atoms with Crippen LogP contribution in [-0.4, -0.2) is 31.2 Å². The van der Waals surface area contributed by atoms with Gasteiger partial charge in [-0.3, -0.25) is 0 Å². The lowest BCUT2D eigenvalue weighted by molar-refractivity contribution is -0.0311. The zero-order valence-corrected chi connectivity index (χ0v) is 10.7. The van der Waals surface area contributed by atoms with E-state index in [1.54, 1.807) is 0 Å². The molecule has 2 aliphatic heterocycles. The van der Waals surface area contributed by atoms with E-state index in [0.717, 1.165) is 19.1 Å². The summed E-state index contributed by atoms with van der Waals surface area (Å²) in [5.74, 6) is 1.38. The highest BCUT2D eigenvalue weighted by Crippen LogP contribution is 2.39. The topological polar surface area (TPSA) is 12.5 Å². The van der Waals surface area contributed by atoms with Gasteiger partial charge in [0, 0.05) is 19.5 Å². The van der Waals surface area contributed by atoms with E-state index >= 15 is 0 Å². The minimum absolute atomic E-state index is 0.315. The molecule has 0 amide bonds. The fourth-order valence-electron chi connectivity index (χ4n) is 3.26. The summed E-state index contributed by atoms with van der Waals surface area (Å²) in [6.45, 7) is 4.22. The lowest BCUT2D eigenvalue weighted by Crippen LogP contribution is -2.40. The van der Waals surface area contributed by atoms with Crippen LogP contribution >= 0.6 is 0 Å². The molecule has 0 spiro atoms. The summed E-state index contributed by atoms with van der Waals surface area (Å²) in [4.78, 5) is 2.23. The van der Waals surface area contributed by atoms with Crippen molar-refractivity contribution in [3.8, 4) is 0 Å². The number of rotatable bonds is 1. The average molecular weight is 231 g/mol. The van der Waals surface area contributed by atoms with E-state index in [9.17, 15) is 0 Å². The quantitative estimate of drug-likeness (QED) is 0.643. The average Bonchev–Trinajstić information content (AvgIpc) is 2.34. The normalized spacial score (nSPS) is 36.6. The van der Waals surface area contributed by atoms with Gasteiger partial charge in [0.25, 0.3) is 0 Å².